The second kappa shape index (κ2) is 68.1. The Morgan fingerprint density at radius 1 is 0.386 bits per heavy atom. The van der Waals surface area contributed by atoms with Crippen LogP contribution in [0.15, 0.2) is 36.5 Å². The molecule has 0 aromatic heterocycles. The number of nitrogens with zero attached hydrogens (tertiary/aromatic N) is 1. The van der Waals surface area contributed by atoms with Crippen LogP contribution >= 0.6 is 7.82 Å². The second-order valence-corrected chi connectivity index (χ2v) is 29.3. The highest BCUT2D eigenvalue weighted by Crippen LogP contribution is 2.43. The summed E-state index contributed by atoms with van der Waals surface area (Å²) >= 11 is 0. The van der Waals surface area contributed by atoms with E-state index in [9.17, 15) is 19.0 Å². The van der Waals surface area contributed by atoms with E-state index in [1.165, 1.54) is 308 Å². The lowest BCUT2D eigenvalue weighted by Crippen LogP contribution is -2.47. The highest BCUT2D eigenvalue weighted by Gasteiger charge is 2.30. The van der Waals surface area contributed by atoms with E-state index in [1.807, 2.05) is 27.2 Å². The molecule has 88 heavy (non-hydrogen) atoms. The van der Waals surface area contributed by atoms with Gasteiger partial charge >= 0.3 is 13.8 Å². The molecule has 0 radical (unpaired) electrons. The van der Waals surface area contributed by atoms with Gasteiger partial charge in [0.2, 0.25) is 5.91 Å². The van der Waals surface area contributed by atoms with Crippen LogP contribution in [0.2, 0.25) is 0 Å². The van der Waals surface area contributed by atoms with E-state index in [4.69, 9.17) is 13.8 Å². The monoisotopic (exact) mass is 1260 g/mol. The molecule has 0 fully saturated rings. The molecule has 0 bridgehead atoms. The summed E-state index contributed by atoms with van der Waals surface area (Å²) in [7, 11) is 1.52. The Kier molecular flexibility index (Phi) is 66.7. The van der Waals surface area contributed by atoms with E-state index in [1.54, 1.807) is 0 Å². The molecule has 3 unspecified atom stereocenters. The minimum atomic E-state index is -4.45. The van der Waals surface area contributed by atoms with Crippen LogP contribution in [-0.4, -0.2) is 74.3 Å². The molecule has 0 rings (SSSR count). The highest BCUT2D eigenvalue weighted by molar-refractivity contribution is 7.47. The molecule has 9 nitrogen and oxygen atoms in total. The predicted molar refractivity (Wildman–Crippen MR) is 383 cm³/mol. The van der Waals surface area contributed by atoms with Crippen molar-refractivity contribution in [3.63, 3.8) is 0 Å². The number of rotatable bonds is 72. The first kappa shape index (κ1) is 86.2. The second-order valence-electron chi connectivity index (χ2n) is 27.9. The number of ether oxygens (including phenoxy) is 1. The molecule has 10 heteroatoms. The largest absolute Gasteiger partial charge is 0.472 e. The van der Waals surface area contributed by atoms with Gasteiger partial charge in [-0.2, -0.15) is 0 Å². The lowest BCUT2D eigenvalue weighted by molar-refractivity contribution is -0.870. The number of amides is 1. The SMILES string of the molecule is CCCCCCCC/C=C/CCCCCCCCCCCCCCCCCC(=O)NC(COP(=O)(O)OCC[N+](C)(C)C)C(/C=C/CCCCCCCCCCCC)OC(=O)CCCCCCCCCCCCCCCCC/C=C/CCCCCCCC. The normalized spacial score (nSPS) is 13.6. The quantitative estimate of drug-likeness (QED) is 0.0205. The number of hydrogen-bond donors (Lipinski definition) is 2. The summed E-state index contributed by atoms with van der Waals surface area (Å²) < 4.78 is 30.9. The van der Waals surface area contributed by atoms with Gasteiger partial charge in [0.25, 0.3) is 0 Å². The number of esters is 1. The van der Waals surface area contributed by atoms with Gasteiger partial charge in [-0.15, -0.1) is 0 Å². The summed E-state index contributed by atoms with van der Waals surface area (Å²) in [5, 5.41) is 3.09. The van der Waals surface area contributed by atoms with E-state index in [0.29, 0.717) is 23.9 Å². The number of quaternary nitrogens is 1. The first-order chi connectivity index (χ1) is 42.9. The van der Waals surface area contributed by atoms with E-state index in [0.717, 1.165) is 57.8 Å². The van der Waals surface area contributed by atoms with Crippen LogP contribution in [-0.2, 0) is 27.9 Å². The number of likely N-dealkylation sites (N-methyl/N-ethyl adjacent to an activating group) is 1. The number of phosphoric ester groups is 1. The van der Waals surface area contributed by atoms with Gasteiger partial charge in [-0.25, -0.2) is 4.57 Å². The number of allylic oxidation sites excluding steroid dienone is 5. The number of nitrogens with one attached hydrogen (secondary N) is 1. The van der Waals surface area contributed by atoms with Crippen molar-refractivity contribution in [2.75, 3.05) is 40.9 Å². The van der Waals surface area contributed by atoms with Gasteiger partial charge in [0.05, 0.1) is 33.8 Å². The maximum Gasteiger partial charge on any atom is 0.472 e. The molecule has 1 amide bonds. The standard InChI is InChI=1S/C78H151N2O7P/c1-7-10-13-16-19-22-25-28-30-32-34-36-38-40-42-44-46-48-50-52-55-58-61-64-67-70-77(81)79-75(74-86-88(83,84)85-73-72-80(4,5)6)76(69-66-63-60-57-54-27-24-21-18-15-12-9-3)87-78(82)71-68-65-62-59-56-53-51-49-47-45-43-41-39-37-35-33-31-29-26-23-20-17-14-11-8-2/h28-31,66,69,75-76H,7-27,32-65,67-68,70-74H2,1-6H3,(H-,79,81,83,84)/p+1/b30-28+,31-29+,69-66+. The van der Waals surface area contributed by atoms with Gasteiger partial charge in [-0.1, -0.05) is 340 Å². The average molecular weight is 1260 g/mol. The molecule has 3 atom stereocenters. The maximum absolute atomic E-state index is 13.7. The smallest absolute Gasteiger partial charge is 0.456 e. The molecule has 520 valence electrons. The zero-order chi connectivity index (χ0) is 64.2. The van der Waals surface area contributed by atoms with Crippen LogP contribution in [0.4, 0.5) is 0 Å². The lowest BCUT2D eigenvalue weighted by Gasteiger charge is -2.27. The molecule has 0 aliphatic rings. The molecule has 0 aromatic rings. The summed E-state index contributed by atoms with van der Waals surface area (Å²) in [6, 6.07) is -0.846. The summed E-state index contributed by atoms with van der Waals surface area (Å²) in [4.78, 5) is 38.0. The Morgan fingerprint density at radius 3 is 0.966 bits per heavy atom. The fourth-order valence-corrected chi connectivity index (χ4v) is 12.6. The van der Waals surface area contributed by atoms with Crippen molar-refractivity contribution in [1.82, 2.24) is 5.32 Å². The number of hydrogen-bond acceptors (Lipinski definition) is 6. The van der Waals surface area contributed by atoms with Crippen molar-refractivity contribution < 1.29 is 37.3 Å². The minimum absolute atomic E-state index is 0.0436. The lowest BCUT2D eigenvalue weighted by atomic mass is 10.0. The summed E-state index contributed by atoms with van der Waals surface area (Å²) in [5.41, 5.74) is 0. The first-order valence-corrected chi connectivity index (χ1v) is 40.3. The number of phosphoric acid groups is 1. The Bertz CT molecular complexity index is 1600. The third kappa shape index (κ3) is 68.6. The number of unbranched alkanes of at least 4 members (excludes halogenated alkanes) is 52. The first-order valence-electron chi connectivity index (χ1n) is 38.8. The molecule has 0 aliphatic carbocycles. The summed E-state index contributed by atoms with van der Waals surface area (Å²) in [5.74, 6) is -0.481. The molecule has 0 spiro atoms. The van der Waals surface area contributed by atoms with Crippen LogP contribution in [0.25, 0.3) is 0 Å². The Labute approximate surface area is 548 Å². The third-order valence-corrected chi connectivity index (χ3v) is 18.8. The van der Waals surface area contributed by atoms with Crippen molar-refractivity contribution in [3.05, 3.63) is 36.5 Å². The van der Waals surface area contributed by atoms with Gasteiger partial charge in [0.1, 0.15) is 19.3 Å². The number of carbonyl (C=O) groups is 2. The van der Waals surface area contributed by atoms with Crippen molar-refractivity contribution in [2.45, 2.75) is 412 Å². The van der Waals surface area contributed by atoms with Gasteiger partial charge in [0.15, 0.2) is 0 Å². The Balaban J connectivity index is 4.93. The highest BCUT2D eigenvalue weighted by atomic mass is 31.2. The Morgan fingerprint density at radius 2 is 0.659 bits per heavy atom. The van der Waals surface area contributed by atoms with Gasteiger partial charge in [-0.3, -0.25) is 18.6 Å². The van der Waals surface area contributed by atoms with Crippen LogP contribution in [0.5, 0.6) is 0 Å². The van der Waals surface area contributed by atoms with E-state index >= 15 is 0 Å². The maximum atomic E-state index is 13.7. The van der Waals surface area contributed by atoms with Crippen LogP contribution in [0, 0.1) is 0 Å². The minimum Gasteiger partial charge on any atom is -0.456 e. The fourth-order valence-electron chi connectivity index (χ4n) is 11.8. The van der Waals surface area contributed by atoms with E-state index < -0.39 is 20.0 Å². The third-order valence-electron chi connectivity index (χ3n) is 17.8. The molecule has 0 aliphatic heterocycles. The van der Waals surface area contributed by atoms with Crippen molar-refractivity contribution in [1.29, 1.82) is 0 Å². The molecule has 2 N–H and O–H groups in total. The Hall–Kier alpha value is -1.77. The van der Waals surface area contributed by atoms with Gasteiger partial charge < -0.3 is 19.4 Å². The predicted octanol–water partition coefficient (Wildman–Crippen LogP) is 25.0. The molecule has 0 aromatic carbocycles. The van der Waals surface area contributed by atoms with E-state index in [-0.39, 0.29) is 25.1 Å². The topological polar surface area (TPSA) is 111 Å². The van der Waals surface area contributed by atoms with Gasteiger partial charge in [-0.05, 0) is 83.1 Å². The fraction of sp³-hybridized carbons (Fsp3) is 0.897. The van der Waals surface area contributed by atoms with Crippen LogP contribution < -0.4 is 5.32 Å². The van der Waals surface area contributed by atoms with Crippen LogP contribution in [0.3, 0.4) is 0 Å². The zero-order valence-electron chi connectivity index (χ0n) is 59.8. The summed E-state index contributed by atoms with van der Waals surface area (Å²) in [6.07, 6.45) is 86.0. The van der Waals surface area contributed by atoms with Crippen molar-refractivity contribution in [3.8, 4) is 0 Å². The zero-order valence-corrected chi connectivity index (χ0v) is 60.6. The molecular weight excluding hydrogens is 1110 g/mol. The number of carbonyl (C=O) groups excluding carboxylic acids is 2. The summed E-state index contributed by atoms with van der Waals surface area (Å²) in [6.45, 7) is 7.08. The molecule has 0 saturated carbocycles. The van der Waals surface area contributed by atoms with Crippen molar-refractivity contribution in [2.24, 2.45) is 0 Å². The molecule has 0 heterocycles. The average Bonchev–Trinajstić information content (AvgIpc) is 3.71. The van der Waals surface area contributed by atoms with Crippen LogP contribution in [0.1, 0.15) is 400 Å². The van der Waals surface area contributed by atoms with Crippen molar-refractivity contribution >= 4 is 19.7 Å². The molecule has 0 saturated heterocycles. The van der Waals surface area contributed by atoms with Gasteiger partial charge in [0, 0.05) is 12.8 Å². The molecular formula is C78H152N2O7P+. The van der Waals surface area contributed by atoms with E-state index in [2.05, 4.69) is 56.5 Å².